The lowest BCUT2D eigenvalue weighted by atomic mass is 10.0. The number of pyridine rings is 1. The Morgan fingerprint density at radius 1 is 1.38 bits per heavy atom. The summed E-state index contributed by atoms with van der Waals surface area (Å²) >= 11 is 0. The van der Waals surface area contributed by atoms with Crippen LogP contribution in [-0.4, -0.2) is 10.1 Å². The third kappa shape index (κ3) is 1.76. The maximum absolute atomic E-state index is 12.7. The summed E-state index contributed by atoms with van der Waals surface area (Å²) < 4.78 is 17.7. The van der Waals surface area contributed by atoms with E-state index in [0.29, 0.717) is 11.4 Å². The number of nitrogens with two attached hydrogens (primary N) is 1. The second-order valence-corrected chi connectivity index (χ2v) is 3.83. The van der Waals surface area contributed by atoms with Crippen molar-refractivity contribution in [1.82, 2.24) is 10.1 Å². The van der Waals surface area contributed by atoms with Gasteiger partial charge in [-0.15, -0.1) is 0 Å². The molecular formula is C11H12FN3O. The molecule has 0 aromatic carbocycles. The Labute approximate surface area is 92.3 Å². The van der Waals surface area contributed by atoms with Crippen molar-refractivity contribution in [3.8, 4) is 11.4 Å². The van der Waals surface area contributed by atoms with Crippen molar-refractivity contribution in [1.29, 1.82) is 0 Å². The van der Waals surface area contributed by atoms with E-state index >= 15 is 0 Å². The van der Waals surface area contributed by atoms with Crippen LogP contribution in [0.25, 0.3) is 11.4 Å². The number of nitrogen functional groups attached to an aromatic ring is 1. The number of halogens is 1. The molecule has 0 radical (unpaired) electrons. The third-order valence-corrected chi connectivity index (χ3v) is 2.30. The number of hydrogen-bond acceptors (Lipinski definition) is 4. The molecule has 0 aliphatic carbocycles. The molecule has 0 spiro atoms. The second-order valence-electron chi connectivity index (χ2n) is 3.83. The lowest BCUT2D eigenvalue weighted by Crippen LogP contribution is -1.95. The summed E-state index contributed by atoms with van der Waals surface area (Å²) in [5.41, 5.74) is 7.62. The monoisotopic (exact) mass is 221 g/mol. The van der Waals surface area contributed by atoms with Gasteiger partial charge in [-0.05, 0) is 18.1 Å². The maximum Gasteiger partial charge on any atom is 0.226 e. The number of nitrogens with zero attached hydrogens (tertiary/aromatic N) is 2. The summed E-state index contributed by atoms with van der Waals surface area (Å²) in [6, 6.07) is 2.88. The molecule has 2 heterocycles. The van der Waals surface area contributed by atoms with Gasteiger partial charge in [-0.1, -0.05) is 19.0 Å². The standard InChI is InChI=1S/C11H12FN3O/c1-6(2)9-10(15-16-11(9)13)8-4-3-7(12)5-14-8/h3-6H,13H2,1-2H3. The molecule has 0 aliphatic heterocycles. The maximum atomic E-state index is 12.7. The second kappa shape index (κ2) is 3.92. The number of rotatable bonds is 2. The molecule has 0 saturated carbocycles. The quantitative estimate of drug-likeness (QED) is 0.846. The van der Waals surface area contributed by atoms with Gasteiger partial charge in [0.1, 0.15) is 11.5 Å². The van der Waals surface area contributed by atoms with E-state index in [0.717, 1.165) is 11.8 Å². The van der Waals surface area contributed by atoms with Crippen LogP contribution in [0.4, 0.5) is 10.3 Å². The van der Waals surface area contributed by atoms with E-state index in [2.05, 4.69) is 10.1 Å². The van der Waals surface area contributed by atoms with Crippen molar-refractivity contribution in [2.75, 3.05) is 5.73 Å². The summed E-state index contributed by atoms with van der Waals surface area (Å²) in [5.74, 6) is 0.0792. The zero-order valence-electron chi connectivity index (χ0n) is 9.07. The van der Waals surface area contributed by atoms with Gasteiger partial charge in [-0.2, -0.15) is 0 Å². The van der Waals surface area contributed by atoms with Gasteiger partial charge < -0.3 is 10.3 Å². The zero-order valence-corrected chi connectivity index (χ0v) is 9.07. The van der Waals surface area contributed by atoms with Crippen LogP contribution in [0.2, 0.25) is 0 Å². The van der Waals surface area contributed by atoms with Crippen LogP contribution in [-0.2, 0) is 0 Å². The first-order valence-corrected chi connectivity index (χ1v) is 4.96. The average Bonchev–Trinajstić information content (AvgIpc) is 2.61. The van der Waals surface area contributed by atoms with E-state index in [1.807, 2.05) is 13.8 Å². The highest BCUT2D eigenvalue weighted by Crippen LogP contribution is 2.31. The van der Waals surface area contributed by atoms with Crippen LogP contribution in [0.3, 0.4) is 0 Å². The Morgan fingerprint density at radius 2 is 2.12 bits per heavy atom. The predicted molar refractivity (Wildman–Crippen MR) is 58.2 cm³/mol. The minimum absolute atomic E-state index is 0.174. The fourth-order valence-electron chi connectivity index (χ4n) is 1.57. The zero-order chi connectivity index (χ0) is 11.7. The molecule has 5 heteroatoms. The predicted octanol–water partition coefficient (Wildman–Crippen LogP) is 2.58. The lowest BCUT2D eigenvalue weighted by Gasteiger charge is -2.04. The first-order valence-electron chi connectivity index (χ1n) is 4.96. The average molecular weight is 221 g/mol. The minimum Gasteiger partial charge on any atom is -0.367 e. The molecule has 0 aliphatic rings. The largest absolute Gasteiger partial charge is 0.367 e. The van der Waals surface area contributed by atoms with E-state index < -0.39 is 0 Å². The SMILES string of the molecule is CC(C)c1c(-c2ccc(F)cn2)noc1N. The van der Waals surface area contributed by atoms with Crippen molar-refractivity contribution in [3.05, 3.63) is 29.7 Å². The Morgan fingerprint density at radius 3 is 2.69 bits per heavy atom. The van der Waals surface area contributed by atoms with Crippen LogP contribution in [0.15, 0.2) is 22.9 Å². The molecule has 4 nitrogen and oxygen atoms in total. The van der Waals surface area contributed by atoms with Crippen LogP contribution in [0.1, 0.15) is 25.3 Å². The first-order chi connectivity index (χ1) is 7.59. The molecular weight excluding hydrogens is 209 g/mol. The van der Waals surface area contributed by atoms with E-state index in [1.165, 1.54) is 6.07 Å². The molecule has 0 amide bonds. The van der Waals surface area contributed by atoms with E-state index in [9.17, 15) is 4.39 Å². The Bertz CT molecular complexity index is 490. The molecule has 16 heavy (non-hydrogen) atoms. The fourth-order valence-corrected chi connectivity index (χ4v) is 1.57. The van der Waals surface area contributed by atoms with Gasteiger partial charge in [0.2, 0.25) is 5.88 Å². The molecule has 0 fully saturated rings. The Kier molecular flexibility index (Phi) is 2.60. The molecule has 0 unspecified atom stereocenters. The van der Waals surface area contributed by atoms with Gasteiger partial charge in [0.05, 0.1) is 11.9 Å². The summed E-state index contributed by atoms with van der Waals surface area (Å²) in [7, 11) is 0. The molecule has 2 N–H and O–H groups in total. The molecule has 2 aromatic heterocycles. The fraction of sp³-hybridized carbons (Fsp3) is 0.273. The van der Waals surface area contributed by atoms with Crippen LogP contribution < -0.4 is 5.73 Å². The van der Waals surface area contributed by atoms with E-state index in [-0.39, 0.29) is 17.6 Å². The van der Waals surface area contributed by atoms with Gasteiger partial charge in [0.25, 0.3) is 0 Å². The number of hydrogen-bond donors (Lipinski definition) is 1. The Balaban J connectivity index is 2.52. The van der Waals surface area contributed by atoms with Gasteiger partial charge in [0.15, 0.2) is 0 Å². The molecule has 0 atom stereocenters. The van der Waals surface area contributed by atoms with Gasteiger partial charge in [0, 0.05) is 5.56 Å². The molecule has 84 valence electrons. The summed E-state index contributed by atoms with van der Waals surface area (Å²) in [6.45, 7) is 3.96. The molecule has 2 aromatic rings. The van der Waals surface area contributed by atoms with Crippen molar-refractivity contribution in [2.24, 2.45) is 0 Å². The smallest absolute Gasteiger partial charge is 0.226 e. The van der Waals surface area contributed by atoms with Crippen LogP contribution >= 0.6 is 0 Å². The lowest BCUT2D eigenvalue weighted by molar-refractivity contribution is 0.438. The van der Waals surface area contributed by atoms with Gasteiger partial charge in [-0.3, -0.25) is 4.98 Å². The van der Waals surface area contributed by atoms with Crippen LogP contribution in [0, 0.1) is 5.82 Å². The normalized spacial score (nSPS) is 11.0. The van der Waals surface area contributed by atoms with Crippen LogP contribution in [0.5, 0.6) is 0 Å². The number of anilines is 1. The van der Waals surface area contributed by atoms with Crippen molar-refractivity contribution < 1.29 is 8.91 Å². The van der Waals surface area contributed by atoms with Gasteiger partial charge in [-0.25, -0.2) is 4.39 Å². The number of aromatic nitrogens is 2. The first kappa shape index (κ1) is 10.6. The van der Waals surface area contributed by atoms with Crippen molar-refractivity contribution >= 4 is 5.88 Å². The minimum atomic E-state index is -0.383. The summed E-state index contributed by atoms with van der Waals surface area (Å²) in [4.78, 5) is 3.95. The summed E-state index contributed by atoms with van der Waals surface area (Å²) in [6.07, 6.45) is 1.14. The van der Waals surface area contributed by atoms with E-state index in [4.69, 9.17) is 10.3 Å². The molecule has 2 rings (SSSR count). The highest BCUT2D eigenvalue weighted by Gasteiger charge is 2.19. The van der Waals surface area contributed by atoms with E-state index in [1.54, 1.807) is 6.07 Å². The molecule has 0 saturated heterocycles. The highest BCUT2D eigenvalue weighted by molar-refractivity contribution is 5.64. The van der Waals surface area contributed by atoms with Crippen molar-refractivity contribution in [3.63, 3.8) is 0 Å². The highest BCUT2D eigenvalue weighted by atomic mass is 19.1. The summed E-state index contributed by atoms with van der Waals surface area (Å²) in [5, 5.41) is 3.85. The topological polar surface area (TPSA) is 64.9 Å². The Hall–Kier alpha value is -1.91. The van der Waals surface area contributed by atoms with Crippen molar-refractivity contribution in [2.45, 2.75) is 19.8 Å². The molecule has 0 bridgehead atoms. The van der Waals surface area contributed by atoms with Gasteiger partial charge >= 0.3 is 0 Å². The third-order valence-electron chi connectivity index (χ3n) is 2.30.